The average Bonchev–Trinajstić information content (AvgIpc) is 2.10. The van der Waals surface area contributed by atoms with Gasteiger partial charge in [-0.15, -0.1) is 0 Å². The Hall–Kier alpha value is -0.440. The summed E-state index contributed by atoms with van der Waals surface area (Å²) in [5.41, 5.74) is 0. The van der Waals surface area contributed by atoms with E-state index in [1.54, 1.807) is 0 Å². The van der Waals surface area contributed by atoms with E-state index in [2.05, 4.69) is 50.2 Å². The van der Waals surface area contributed by atoms with Gasteiger partial charge in [-0.1, -0.05) is 0 Å². The predicted molar refractivity (Wildman–Crippen MR) is 19.4 cm³/mol. The van der Waals surface area contributed by atoms with Gasteiger partial charge in [0.05, 0.1) is 7.11 Å². The van der Waals surface area contributed by atoms with Crippen LogP contribution in [0.3, 0.4) is 0 Å². The zero-order valence-corrected chi connectivity index (χ0v) is 5.53. The van der Waals surface area contributed by atoms with Crippen LogP contribution in [-0.2, 0) is 50.2 Å². The highest BCUT2D eigenvalue weighted by atomic mass is 17.9. The fourth-order valence-electron chi connectivity index (χ4n) is 0.108. The van der Waals surface area contributed by atoms with Crippen LogP contribution in [0, 0.1) is 0 Å². The van der Waals surface area contributed by atoms with Crippen LogP contribution in [-0.4, -0.2) is 12.4 Å². The van der Waals surface area contributed by atoms with Crippen molar-refractivity contribution >= 4 is 0 Å². The zero-order valence-electron chi connectivity index (χ0n) is 5.53. The van der Waals surface area contributed by atoms with Crippen molar-refractivity contribution in [1.29, 1.82) is 0 Å². The first-order valence-electron chi connectivity index (χ1n) is 2.09. The molecule has 0 rings (SSSR count). The van der Waals surface area contributed by atoms with Gasteiger partial charge in [0.1, 0.15) is 0 Å². The van der Waals surface area contributed by atoms with E-state index in [1.807, 2.05) is 0 Å². The van der Waals surface area contributed by atoms with E-state index >= 15 is 0 Å². The molecule has 0 saturated carbocycles. The molecule has 0 unspecified atom stereocenters. The quantitative estimate of drug-likeness (QED) is 0.289. The Morgan fingerprint density at radius 3 is 1.50 bits per heavy atom. The van der Waals surface area contributed by atoms with Crippen LogP contribution in [0.25, 0.3) is 0 Å². The highest BCUT2D eigenvalue weighted by Gasteiger charge is 1.94. The van der Waals surface area contributed by atoms with Crippen LogP contribution in [0.1, 0.15) is 0 Å². The van der Waals surface area contributed by atoms with Crippen LogP contribution >= 0.6 is 0 Å². The van der Waals surface area contributed by atoms with E-state index in [1.165, 1.54) is 0 Å². The Bertz CT molecular complexity index is 61.4. The Morgan fingerprint density at radius 2 is 1.08 bits per heavy atom. The van der Waals surface area contributed by atoms with Crippen molar-refractivity contribution in [2.75, 3.05) is 7.11 Å². The summed E-state index contributed by atoms with van der Waals surface area (Å²) in [6, 6.07) is 0. The van der Waals surface area contributed by atoms with Gasteiger partial charge in [0.15, 0.2) is 0 Å². The molecule has 0 saturated heterocycles. The molecule has 0 bridgehead atoms. The molecule has 0 aliphatic heterocycles. The van der Waals surface area contributed by atoms with Crippen LogP contribution in [0.15, 0.2) is 0 Å². The lowest BCUT2D eigenvalue weighted by Crippen LogP contribution is -2.01. The Balaban J connectivity index is 2.73. The molecule has 0 fully saturated rings. The molecule has 12 heavy (non-hydrogen) atoms. The number of hydrogen-bond donors (Lipinski definition) is 1. The van der Waals surface area contributed by atoms with Crippen LogP contribution in [0.4, 0.5) is 0 Å². The lowest BCUT2D eigenvalue weighted by molar-refractivity contribution is -0.853. The normalized spacial score (nSPS) is 10.5. The van der Waals surface area contributed by atoms with Gasteiger partial charge in [0.2, 0.25) is 0 Å². The summed E-state index contributed by atoms with van der Waals surface area (Å²) in [7, 11) is 1.14. The summed E-state index contributed by atoms with van der Waals surface area (Å²) in [6.07, 6.45) is 0. The molecule has 0 aliphatic rings. The van der Waals surface area contributed by atoms with Crippen LogP contribution < -0.4 is 0 Å². The van der Waals surface area contributed by atoms with Crippen molar-refractivity contribution < 1.29 is 55.5 Å². The first-order valence-corrected chi connectivity index (χ1v) is 2.09. The smallest absolute Gasteiger partial charge is 0.0745 e. The van der Waals surface area contributed by atoms with Gasteiger partial charge in [-0.25, -0.2) is 10.1 Å². The van der Waals surface area contributed by atoms with Gasteiger partial charge >= 0.3 is 0 Å². The summed E-state index contributed by atoms with van der Waals surface area (Å²) in [5.74, 6) is 0. The van der Waals surface area contributed by atoms with Gasteiger partial charge in [-0.3, -0.25) is 0 Å². The molecule has 0 spiro atoms. The summed E-state index contributed by atoms with van der Waals surface area (Å²) >= 11 is 0. The minimum absolute atomic E-state index is 1.14. The third-order valence-electron chi connectivity index (χ3n) is 0.293. The van der Waals surface area contributed by atoms with E-state index < -0.39 is 0 Å². The van der Waals surface area contributed by atoms with E-state index in [-0.39, 0.29) is 0 Å². The first-order chi connectivity index (χ1) is 5.91. The predicted octanol–water partition coefficient (Wildman–Crippen LogP) is -0.510. The topological polar surface area (TPSA) is 113 Å². The second-order valence-corrected chi connectivity index (χ2v) is 0.786. The van der Waals surface area contributed by atoms with Crippen LogP contribution in [0.5, 0.6) is 0 Å². The molecule has 0 amide bonds. The molecule has 11 heteroatoms. The van der Waals surface area contributed by atoms with Crippen molar-refractivity contribution in [2.24, 2.45) is 0 Å². The highest BCUT2D eigenvalue weighted by Crippen LogP contribution is 1.88. The number of hydrogen-bond acceptors (Lipinski definition) is 11. The zero-order chi connectivity index (χ0) is 9.07. The molecule has 0 aliphatic carbocycles. The van der Waals surface area contributed by atoms with E-state index in [0.717, 1.165) is 7.11 Å². The van der Waals surface area contributed by atoms with Crippen molar-refractivity contribution in [3.63, 3.8) is 0 Å². The molecule has 0 aromatic heterocycles. The molecule has 1 N–H and O–H groups in total. The molecule has 0 aromatic carbocycles. The molecule has 0 aromatic rings. The minimum atomic E-state index is 1.14. The van der Waals surface area contributed by atoms with E-state index in [0.29, 0.717) is 0 Å². The van der Waals surface area contributed by atoms with Crippen molar-refractivity contribution in [2.45, 2.75) is 0 Å². The van der Waals surface area contributed by atoms with Crippen LogP contribution in [0.2, 0.25) is 0 Å². The third-order valence-corrected chi connectivity index (χ3v) is 0.293. The van der Waals surface area contributed by atoms with E-state index in [4.69, 9.17) is 5.26 Å². The first kappa shape index (κ1) is 11.6. The lowest BCUT2D eigenvalue weighted by Gasteiger charge is -1.96. The maximum absolute atomic E-state index is 7.42. The average molecular weight is 192 g/mol. The Kier molecular flexibility index (Phi) is 10.2. The largest absolute Gasteiger partial charge is 0.219 e. The number of rotatable bonds is 9. The second kappa shape index (κ2) is 10.6. The molecule has 74 valence electrons. The molecule has 0 heterocycles. The maximum Gasteiger partial charge on any atom is 0.0745 e. The van der Waals surface area contributed by atoms with E-state index in [9.17, 15) is 0 Å². The third kappa shape index (κ3) is 9.56. The summed E-state index contributed by atoms with van der Waals surface area (Å²) < 4.78 is 0. The molecule has 0 radical (unpaired) electrons. The van der Waals surface area contributed by atoms with Crippen molar-refractivity contribution in [3.05, 3.63) is 0 Å². The van der Waals surface area contributed by atoms with Crippen molar-refractivity contribution in [1.82, 2.24) is 0 Å². The minimum Gasteiger partial charge on any atom is -0.219 e. The van der Waals surface area contributed by atoms with Gasteiger partial charge in [-0.05, 0) is 45.3 Å². The molecule has 0 atom stereocenters. The van der Waals surface area contributed by atoms with Gasteiger partial charge in [-0.2, -0.15) is 0 Å². The highest BCUT2D eigenvalue weighted by molar-refractivity contribution is 3.35. The molecule has 11 nitrogen and oxygen atoms in total. The maximum atomic E-state index is 7.42. The summed E-state index contributed by atoms with van der Waals surface area (Å²) in [6.45, 7) is 0. The van der Waals surface area contributed by atoms with Gasteiger partial charge in [0, 0.05) is 0 Å². The molecular weight excluding hydrogens is 188 g/mol. The lowest BCUT2D eigenvalue weighted by atomic mass is 11.8. The standard InChI is InChI=1S/CH4O11/c1-3-5-7-9-11-12-10-8-6-4-2/h2H,1H3. The molecular formula is CH4O11. The Labute approximate surface area is 64.0 Å². The fraction of sp³-hybridized carbons (Fsp3) is 1.00. The summed E-state index contributed by atoms with van der Waals surface area (Å²) in [5, 5.41) is 38.0. The second-order valence-electron chi connectivity index (χ2n) is 0.786. The summed E-state index contributed by atoms with van der Waals surface area (Å²) in [4.78, 5) is 3.85. The van der Waals surface area contributed by atoms with Gasteiger partial charge in [0.25, 0.3) is 0 Å². The fourth-order valence-corrected chi connectivity index (χ4v) is 0.108. The SMILES string of the molecule is COOOOOOOOOOO. The monoisotopic (exact) mass is 192 g/mol. The Morgan fingerprint density at radius 1 is 0.667 bits per heavy atom. The van der Waals surface area contributed by atoms with Crippen molar-refractivity contribution in [3.8, 4) is 0 Å². The van der Waals surface area contributed by atoms with Gasteiger partial charge < -0.3 is 0 Å².